The molecule has 11 heterocycles. The van der Waals surface area contributed by atoms with Crippen LogP contribution in [0.25, 0.3) is 0 Å². The predicted octanol–water partition coefficient (Wildman–Crippen LogP) is -3.55. The summed E-state index contributed by atoms with van der Waals surface area (Å²) < 4.78 is 153. The quantitative estimate of drug-likeness (QED) is 0.0743. The van der Waals surface area contributed by atoms with E-state index in [2.05, 4.69) is 31.5 Å². The third-order valence-electron chi connectivity index (χ3n) is 18.8. The minimum absolute atomic E-state index is 0. The molecule has 77 heavy (non-hydrogen) atoms. The van der Waals surface area contributed by atoms with Crippen LogP contribution in [0.1, 0.15) is 126 Å². The Morgan fingerprint density at radius 1 is 0.714 bits per heavy atom. The van der Waals surface area contributed by atoms with Gasteiger partial charge in [0.1, 0.15) is 35.6 Å². The van der Waals surface area contributed by atoms with Gasteiger partial charge in [0, 0.05) is 51.4 Å². The van der Waals surface area contributed by atoms with Gasteiger partial charge in [0.25, 0.3) is 0 Å². The summed E-state index contributed by atoms with van der Waals surface area (Å²) >= 11 is 0. The van der Waals surface area contributed by atoms with Crippen LogP contribution in [0.2, 0.25) is 0 Å². The molecule has 0 aromatic rings. The second-order valence-corrected chi connectivity index (χ2v) is 26.7. The molecule has 26 heteroatoms. The first-order valence-electron chi connectivity index (χ1n) is 26.8. The predicted molar refractivity (Wildman–Crippen MR) is 254 cm³/mol. The smallest absolute Gasteiger partial charge is 0.726 e. The Bertz CT molecular complexity index is 2470. The number of carbonyl (C=O) groups is 1. The normalized spacial score (nSPS) is 51.1. The van der Waals surface area contributed by atoms with E-state index in [0.29, 0.717) is 69.8 Å². The number of hydrogen-bond donors (Lipinski definition) is 2. The van der Waals surface area contributed by atoms with E-state index in [9.17, 15) is 40.9 Å². The van der Waals surface area contributed by atoms with Gasteiger partial charge in [0.2, 0.25) is 20.8 Å². The molecular formula is C51H74Na2O22S2. The molecule has 0 aromatic carbocycles. The third kappa shape index (κ3) is 12.2. The maximum atomic E-state index is 12.3. The number of ketones is 1. The summed E-state index contributed by atoms with van der Waals surface area (Å²) in [6, 6.07) is 0. The van der Waals surface area contributed by atoms with Crippen molar-refractivity contribution >= 4 is 26.6 Å². The number of rotatable bonds is 9. The van der Waals surface area contributed by atoms with Gasteiger partial charge in [-0.1, -0.05) is 13.5 Å². The summed E-state index contributed by atoms with van der Waals surface area (Å²) in [5, 5.41) is 23.6. The van der Waals surface area contributed by atoms with Crippen LogP contribution in [-0.2, 0) is 86.1 Å². The second-order valence-electron chi connectivity index (χ2n) is 24.6. The van der Waals surface area contributed by atoms with Gasteiger partial charge in [-0.05, 0) is 90.9 Å². The average Bonchev–Trinajstić information content (AvgIpc) is 3.49. The summed E-state index contributed by atoms with van der Waals surface area (Å²) in [7, 11) is -10.3. The van der Waals surface area contributed by atoms with Crippen LogP contribution in [-0.4, -0.2) is 199 Å². The molecule has 0 amide bonds. The number of allylic oxidation sites excluding steroid dienone is 1. The second kappa shape index (κ2) is 22.3. The van der Waals surface area contributed by atoms with Gasteiger partial charge >= 0.3 is 59.1 Å². The van der Waals surface area contributed by atoms with Crippen LogP contribution in [0, 0.1) is 5.92 Å². The molecular weight excluding hydrogens is 1070 g/mol. The van der Waals surface area contributed by atoms with Crippen molar-refractivity contribution < 1.29 is 161 Å². The van der Waals surface area contributed by atoms with Crippen LogP contribution in [0.3, 0.4) is 0 Å². The zero-order chi connectivity index (χ0) is 53.6. The van der Waals surface area contributed by atoms with E-state index in [-0.39, 0.29) is 132 Å². The minimum Gasteiger partial charge on any atom is -0.726 e. The van der Waals surface area contributed by atoms with E-state index < -0.39 is 129 Å². The molecule has 11 aliphatic rings. The Balaban J connectivity index is 0.00000361. The SMILES string of the molecule is C=C1C[C@@H]2O[C@@]3(C)[C@H](C[C@H]2O[C@@H]1[C@](C)(O)/C=C/C(C)=O)O[C@@H]1C[C@@H]2O[C@@H]4C[C@@H]5O[C@@H]6C[C@@H]7O[C@@H]8C[C@@H]9O[C@](C)(CCOS(=O)(=O)[O-])[C@@H](OS(=O)(=O)[O-])C[C@H]9O[C@H]8C[C@H]7O[C@H]6CC[C@@]5(C)O[C@@]4(C)C[C@H](C)[C@H]2O[C@H]1[C@H]3O.[Na+].[Na+]. The molecule has 11 fully saturated rings. The number of hydrogen-bond acceptors (Lipinski definition) is 22. The van der Waals surface area contributed by atoms with Gasteiger partial charge in [-0.15, -0.1) is 0 Å². The van der Waals surface area contributed by atoms with Crippen molar-refractivity contribution in [3.63, 3.8) is 0 Å². The minimum atomic E-state index is -5.21. The van der Waals surface area contributed by atoms with Gasteiger partial charge in [-0.25, -0.2) is 16.8 Å². The van der Waals surface area contributed by atoms with Crippen LogP contribution in [0.5, 0.6) is 0 Å². The molecule has 0 saturated carbocycles. The van der Waals surface area contributed by atoms with Crippen molar-refractivity contribution in [3.05, 3.63) is 24.3 Å². The molecule has 11 rings (SSSR count). The zero-order valence-electron chi connectivity index (χ0n) is 45.6. The van der Waals surface area contributed by atoms with Crippen molar-refractivity contribution in [1.29, 1.82) is 0 Å². The molecule has 0 spiro atoms. The van der Waals surface area contributed by atoms with E-state index in [4.69, 9.17) is 56.3 Å². The first-order chi connectivity index (χ1) is 35.0. The van der Waals surface area contributed by atoms with Gasteiger partial charge in [0.05, 0.1) is 121 Å². The van der Waals surface area contributed by atoms with Crippen molar-refractivity contribution in [3.8, 4) is 0 Å². The van der Waals surface area contributed by atoms with E-state index in [1.54, 1.807) is 6.92 Å². The van der Waals surface area contributed by atoms with Crippen LogP contribution < -0.4 is 59.1 Å². The standard InChI is InChI=1S/C51H76O22S2.2Na/c1-24-15-35-34(68-46(24)47(4,54)11-9-26(3)52)21-42-51(8,71-35)45(53)44-38(67-42)19-37-43(69-44)25(2)23-50(7)40(66-37)22-39-49(6,73-50)12-10-27-28(65-39)16-30-29(62-27)17-31-32(63-30)18-36-33(64-31)20-41(72-75(58,59)60)48(5,70-36)13-14-61-74(55,56)57;;/h9,11,25,27-46,53-54H,1,10,12-23H2,2-8H3,(H,55,56,57)(H,58,59,60);;/q;2*+1/p-2/b11-9+;;/t25-,27-,28+,29+,30-,31-,32+,33+,34+,35-,36-,37-,38+,39-,40+,41-,42-,43+,44+,45+,46-,47+,48+,49+,50-,51-;;/m0../s1. The Morgan fingerprint density at radius 2 is 1.27 bits per heavy atom. The van der Waals surface area contributed by atoms with E-state index in [0.717, 1.165) is 0 Å². The van der Waals surface area contributed by atoms with E-state index >= 15 is 0 Å². The van der Waals surface area contributed by atoms with Gasteiger partial charge < -0.3 is 71.4 Å². The van der Waals surface area contributed by atoms with Gasteiger partial charge in [-0.3, -0.25) is 13.2 Å². The number of ether oxygens (including phenoxy) is 11. The average molecular weight is 1150 g/mol. The molecule has 0 radical (unpaired) electrons. The number of aliphatic hydroxyl groups excluding tert-OH is 1. The molecule has 0 aromatic heterocycles. The number of fused-ring (bicyclic) bond motifs is 10. The first kappa shape index (κ1) is 61.9. The molecule has 0 aliphatic carbocycles. The fraction of sp³-hybridized carbons (Fsp3) is 0.902. The van der Waals surface area contributed by atoms with Crippen LogP contribution in [0.4, 0.5) is 0 Å². The Labute approximate surface area is 495 Å². The number of carbonyl (C=O) groups excluding carboxylic acids is 1. The summed E-state index contributed by atoms with van der Waals surface area (Å²) in [5.41, 5.74) is -4.91. The van der Waals surface area contributed by atoms with E-state index in [1.165, 1.54) is 26.0 Å². The molecule has 22 nitrogen and oxygen atoms in total. The van der Waals surface area contributed by atoms with Crippen molar-refractivity contribution in [2.24, 2.45) is 5.92 Å². The van der Waals surface area contributed by atoms with Crippen LogP contribution >= 0.6 is 0 Å². The summed E-state index contributed by atoms with van der Waals surface area (Å²) in [5.74, 6) is -0.227. The topological polar surface area (TPSA) is 292 Å². The molecule has 0 unspecified atom stereocenters. The fourth-order valence-corrected chi connectivity index (χ4v) is 15.9. The van der Waals surface area contributed by atoms with Crippen molar-refractivity contribution in [2.45, 2.75) is 276 Å². The molecule has 11 saturated heterocycles. The van der Waals surface area contributed by atoms with Gasteiger partial charge in [-0.2, -0.15) is 0 Å². The van der Waals surface area contributed by atoms with Crippen LogP contribution in [0.15, 0.2) is 24.3 Å². The molecule has 26 atom stereocenters. The summed E-state index contributed by atoms with van der Waals surface area (Å²) in [4.78, 5) is 11.7. The van der Waals surface area contributed by atoms with E-state index in [1.807, 2.05) is 6.92 Å². The molecule has 0 bridgehead atoms. The summed E-state index contributed by atoms with van der Waals surface area (Å²) in [6.07, 6.45) is -3.28. The summed E-state index contributed by atoms with van der Waals surface area (Å²) in [6.45, 7) is 16.3. The molecule has 11 aliphatic heterocycles. The molecule has 2 N–H and O–H groups in total. The Kier molecular flexibility index (Phi) is 18.0. The van der Waals surface area contributed by atoms with Crippen molar-refractivity contribution in [1.82, 2.24) is 0 Å². The third-order valence-corrected chi connectivity index (χ3v) is 19.8. The zero-order valence-corrected chi connectivity index (χ0v) is 51.2. The maximum absolute atomic E-state index is 12.3. The van der Waals surface area contributed by atoms with Gasteiger partial charge in [0.15, 0.2) is 5.78 Å². The number of aliphatic hydroxyl groups is 2. The Hall–Kier alpha value is 0.370. The largest absolute Gasteiger partial charge is 1.00 e. The van der Waals surface area contributed by atoms with Crippen molar-refractivity contribution in [2.75, 3.05) is 6.61 Å². The first-order valence-corrected chi connectivity index (χ1v) is 29.5. The maximum Gasteiger partial charge on any atom is 1.00 e. The monoisotopic (exact) mass is 1150 g/mol. The fourth-order valence-electron chi connectivity index (χ4n) is 15.1. The molecule has 424 valence electrons. The Morgan fingerprint density at radius 3 is 1.92 bits per heavy atom.